The summed E-state index contributed by atoms with van der Waals surface area (Å²) in [7, 11) is 0. The largest absolute Gasteiger partial charge is 0.355 e. The highest BCUT2D eigenvalue weighted by molar-refractivity contribution is 5.81. The van der Waals surface area contributed by atoms with E-state index in [4.69, 9.17) is 4.52 Å². The average molecular weight is 371 g/mol. The molecule has 27 heavy (non-hydrogen) atoms. The first kappa shape index (κ1) is 19.3. The Morgan fingerprint density at radius 1 is 1.19 bits per heavy atom. The number of pyridine rings is 1. The van der Waals surface area contributed by atoms with Gasteiger partial charge in [0, 0.05) is 49.3 Å². The highest BCUT2D eigenvalue weighted by atomic mass is 16.5. The molecule has 1 saturated heterocycles. The van der Waals surface area contributed by atoms with E-state index >= 15 is 0 Å². The Bertz CT molecular complexity index is 794. The average Bonchev–Trinajstić information content (AvgIpc) is 3.00. The Kier molecular flexibility index (Phi) is 5.48. The monoisotopic (exact) mass is 371 g/mol. The molecular formula is C20H29N5O2. The second kappa shape index (κ2) is 7.66. The number of anilines is 1. The number of rotatable bonds is 3. The molecule has 0 spiro atoms. The van der Waals surface area contributed by atoms with Crippen LogP contribution in [0.5, 0.6) is 0 Å². The van der Waals surface area contributed by atoms with Gasteiger partial charge in [-0.2, -0.15) is 4.98 Å². The zero-order valence-electron chi connectivity index (χ0n) is 16.9. The molecule has 1 amide bonds. The second-order valence-corrected chi connectivity index (χ2v) is 8.40. The van der Waals surface area contributed by atoms with E-state index in [1.165, 1.54) is 0 Å². The van der Waals surface area contributed by atoms with E-state index in [0.29, 0.717) is 18.3 Å². The summed E-state index contributed by atoms with van der Waals surface area (Å²) in [5.74, 6) is 2.52. The summed E-state index contributed by atoms with van der Waals surface area (Å²) < 4.78 is 5.40. The van der Waals surface area contributed by atoms with Crippen LogP contribution in [0.15, 0.2) is 22.9 Å². The van der Waals surface area contributed by atoms with E-state index < -0.39 is 0 Å². The number of hydrogen-bond donors (Lipinski definition) is 0. The lowest BCUT2D eigenvalue weighted by Crippen LogP contribution is -2.41. The highest BCUT2D eigenvalue weighted by Gasteiger charge is 2.28. The zero-order chi connectivity index (χ0) is 19.6. The van der Waals surface area contributed by atoms with E-state index in [2.05, 4.69) is 20.0 Å². The summed E-state index contributed by atoms with van der Waals surface area (Å²) in [4.78, 5) is 25.8. The van der Waals surface area contributed by atoms with Crippen LogP contribution in [0.4, 0.5) is 5.82 Å². The molecule has 0 aromatic carbocycles. The van der Waals surface area contributed by atoms with Gasteiger partial charge in [0.05, 0.1) is 0 Å². The van der Waals surface area contributed by atoms with Crippen LogP contribution in [0, 0.1) is 5.41 Å². The Morgan fingerprint density at radius 3 is 2.63 bits per heavy atom. The molecule has 2 aromatic rings. The third-order valence-corrected chi connectivity index (χ3v) is 4.70. The summed E-state index contributed by atoms with van der Waals surface area (Å²) in [6, 6.07) is 3.87. The van der Waals surface area contributed by atoms with Crippen molar-refractivity contribution in [2.24, 2.45) is 5.41 Å². The number of carbonyl (C=O) groups excluding carboxylic acids is 1. The molecule has 3 heterocycles. The fraction of sp³-hybridized carbons (Fsp3) is 0.600. The summed E-state index contributed by atoms with van der Waals surface area (Å²) in [6.07, 6.45) is 2.69. The summed E-state index contributed by atoms with van der Waals surface area (Å²) in [6.45, 7) is 13.1. The molecule has 0 unspecified atom stereocenters. The van der Waals surface area contributed by atoms with E-state index in [-0.39, 0.29) is 17.2 Å². The minimum Gasteiger partial charge on any atom is -0.355 e. The van der Waals surface area contributed by atoms with Crippen molar-refractivity contribution in [2.75, 3.05) is 31.1 Å². The van der Waals surface area contributed by atoms with E-state index in [1.807, 2.05) is 51.7 Å². The van der Waals surface area contributed by atoms with Gasteiger partial charge in [0.1, 0.15) is 5.82 Å². The third-order valence-electron chi connectivity index (χ3n) is 4.70. The zero-order valence-corrected chi connectivity index (χ0v) is 16.9. The topological polar surface area (TPSA) is 75.4 Å². The molecule has 0 atom stereocenters. The molecule has 0 N–H and O–H groups in total. The quantitative estimate of drug-likeness (QED) is 0.824. The minimum absolute atomic E-state index is 0.207. The van der Waals surface area contributed by atoms with Gasteiger partial charge in [0.25, 0.3) is 5.89 Å². The van der Waals surface area contributed by atoms with Gasteiger partial charge in [-0.15, -0.1) is 0 Å². The fourth-order valence-corrected chi connectivity index (χ4v) is 3.13. The Balaban J connectivity index is 1.74. The Labute approximate surface area is 160 Å². The normalized spacial score (nSPS) is 15.9. The van der Waals surface area contributed by atoms with Crippen LogP contribution in [0.2, 0.25) is 0 Å². The highest BCUT2D eigenvalue weighted by Crippen LogP contribution is 2.25. The van der Waals surface area contributed by atoms with Crippen molar-refractivity contribution in [1.82, 2.24) is 20.0 Å². The van der Waals surface area contributed by atoms with Gasteiger partial charge in [0.15, 0.2) is 5.82 Å². The first-order valence-electron chi connectivity index (χ1n) is 9.60. The molecule has 1 aliphatic heterocycles. The van der Waals surface area contributed by atoms with Crippen LogP contribution in [-0.4, -0.2) is 52.1 Å². The van der Waals surface area contributed by atoms with E-state index in [9.17, 15) is 4.79 Å². The number of carbonyl (C=O) groups is 1. The van der Waals surface area contributed by atoms with Gasteiger partial charge < -0.3 is 14.3 Å². The molecule has 0 saturated carbocycles. The molecule has 3 rings (SSSR count). The molecular weight excluding hydrogens is 342 g/mol. The minimum atomic E-state index is -0.348. The molecule has 0 bridgehead atoms. The maximum Gasteiger partial charge on any atom is 0.258 e. The SMILES string of the molecule is CC(C)c1noc(-c2ccnc(N3CCCN(C(=O)C(C)(C)C)CC3)c2)n1. The number of amides is 1. The predicted octanol–water partition coefficient (Wildman–Crippen LogP) is 3.34. The first-order valence-corrected chi connectivity index (χ1v) is 9.60. The second-order valence-electron chi connectivity index (χ2n) is 8.40. The maximum atomic E-state index is 12.6. The molecule has 0 radical (unpaired) electrons. The number of aromatic nitrogens is 3. The lowest BCUT2D eigenvalue weighted by Gasteiger charge is -2.28. The summed E-state index contributed by atoms with van der Waals surface area (Å²) in [5.41, 5.74) is 0.519. The van der Waals surface area contributed by atoms with Crippen LogP contribution < -0.4 is 4.90 Å². The van der Waals surface area contributed by atoms with Gasteiger partial charge >= 0.3 is 0 Å². The van der Waals surface area contributed by atoms with Gasteiger partial charge in [-0.1, -0.05) is 39.8 Å². The van der Waals surface area contributed by atoms with Crippen molar-refractivity contribution in [3.63, 3.8) is 0 Å². The van der Waals surface area contributed by atoms with Crippen LogP contribution in [0.25, 0.3) is 11.5 Å². The lowest BCUT2D eigenvalue weighted by molar-refractivity contribution is -0.139. The van der Waals surface area contributed by atoms with E-state index in [0.717, 1.165) is 37.4 Å². The molecule has 0 aliphatic carbocycles. The van der Waals surface area contributed by atoms with Crippen molar-refractivity contribution in [3.8, 4) is 11.5 Å². The number of hydrogen-bond acceptors (Lipinski definition) is 6. The van der Waals surface area contributed by atoms with E-state index in [1.54, 1.807) is 6.20 Å². The van der Waals surface area contributed by atoms with Gasteiger partial charge in [0.2, 0.25) is 5.91 Å². The maximum absolute atomic E-state index is 12.6. The van der Waals surface area contributed by atoms with Gasteiger partial charge in [-0.25, -0.2) is 4.98 Å². The van der Waals surface area contributed by atoms with Gasteiger partial charge in [-0.3, -0.25) is 4.79 Å². The van der Waals surface area contributed by atoms with Crippen molar-refractivity contribution in [1.29, 1.82) is 0 Å². The molecule has 2 aromatic heterocycles. The molecule has 1 aliphatic rings. The number of nitrogens with zero attached hydrogens (tertiary/aromatic N) is 5. The molecule has 1 fully saturated rings. The fourth-order valence-electron chi connectivity index (χ4n) is 3.13. The van der Waals surface area contributed by atoms with Crippen molar-refractivity contribution >= 4 is 11.7 Å². The van der Waals surface area contributed by atoms with Crippen molar-refractivity contribution in [3.05, 3.63) is 24.2 Å². The first-order chi connectivity index (χ1) is 12.8. The standard InChI is InChI=1S/C20H29N5O2/c1-14(2)17-22-18(27-23-17)15-7-8-21-16(13-15)24-9-6-10-25(12-11-24)19(26)20(3,4)5/h7-8,13-14H,6,9-12H2,1-5H3. The molecule has 146 valence electrons. The molecule has 7 nitrogen and oxygen atoms in total. The van der Waals surface area contributed by atoms with Crippen molar-refractivity contribution in [2.45, 2.75) is 47.0 Å². The van der Waals surface area contributed by atoms with Crippen LogP contribution in [-0.2, 0) is 4.79 Å². The van der Waals surface area contributed by atoms with Crippen LogP contribution in [0.3, 0.4) is 0 Å². The molecule has 7 heteroatoms. The van der Waals surface area contributed by atoms with Crippen LogP contribution in [0.1, 0.15) is 52.8 Å². The predicted molar refractivity (Wildman–Crippen MR) is 104 cm³/mol. The van der Waals surface area contributed by atoms with Crippen LogP contribution >= 0.6 is 0 Å². The summed E-state index contributed by atoms with van der Waals surface area (Å²) >= 11 is 0. The summed E-state index contributed by atoms with van der Waals surface area (Å²) in [5, 5.41) is 4.04. The third kappa shape index (κ3) is 4.46. The smallest absolute Gasteiger partial charge is 0.258 e. The Hall–Kier alpha value is -2.44. The van der Waals surface area contributed by atoms with Crippen molar-refractivity contribution < 1.29 is 9.32 Å². The lowest BCUT2D eigenvalue weighted by atomic mass is 9.94. The van der Waals surface area contributed by atoms with Gasteiger partial charge in [-0.05, 0) is 18.6 Å². The Morgan fingerprint density at radius 2 is 1.96 bits per heavy atom.